The summed E-state index contributed by atoms with van der Waals surface area (Å²) in [5.41, 5.74) is 11.5. The Bertz CT molecular complexity index is 1050. The maximum Gasteiger partial charge on any atom is 0.142 e. The number of hydrogen-bond acceptors (Lipinski definition) is 4. The van der Waals surface area contributed by atoms with E-state index in [-0.39, 0.29) is 0 Å². The number of ether oxygens (including phenoxy) is 1. The third-order valence-electron chi connectivity index (χ3n) is 5.11. The van der Waals surface area contributed by atoms with Crippen molar-refractivity contribution in [1.29, 1.82) is 5.26 Å². The van der Waals surface area contributed by atoms with E-state index in [1.165, 1.54) is 0 Å². The fraction of sp³-hybridized carbons (Fsp3) is 0.217. The zero-order valence-corrected chi connectivity index (χ0v) is 16.2. The predicted molar refractivity (Wildman–Crippen MR) is 111 cm³/mol. The minimum absolute atomic E-state index is 0.317. The molecule has 1 heterocycles. The lowest BCUT2D eigenvalue weighted by molar-refractivity contribution is 0.306. The molecule has 0 aliphatic heterocycles. The summed E-state index contributed by atoms with van der Waals surface area (Å²) in [6.45, 7) is 0.403. The van der Waals surface area contributed by atoms with Crippen molar-refractivity contribution in [2.75, 3.05) is 5.73 Å². The van der Waals surface area contributed by atoms with E-state index in [0.717, 1.165) is 59.4 Å². The molecule has 4 rings (SSSR count). The number of nitriles is 1. The minimum Gasteiger partial charge on any atom is -0.489 e. The van der Waals surface area contributed by atoms with E-state index >= 15 is 0 Å². The van der Waals surface area contributed by atoms with Gasteiger partial charge in [-0.25, -0.2) is 4.98 Å². The highest BCUT2D eigenvalue weighted by Crippen LogP contribution is 2.36. The summed E-state index contributed by atoms with van der Waals surface area (Å²) in [5.74, 6) is 1.07. The highest BCUT2D eigenvalue weighted by Gasteiger charge is 2.21. The first-order valence-corrected chi connectivity index (χ1v) is 9.73. The van der Waals surface area contributed by atoms with Crippen LogP contribution in [0.25, 0.3) is 11.1 Å². The van der Waals surface area contributed by atoms with E-state index in [2.05, 4.69) is 11.1 Å². The number of rotatable bonds is 4. The molecule has 0 amide bonds. The van der Waals surface area contributed by atoms with Gasteiger partial charge in [-0.3, -0.25) is 0 Å². The van der Waals surface area contributed by atoms with Crippen molar-refractivity contribution in [2.45, 2.75) is 32.3 Å². The average Bonchev–Trinajstić information content (AvgIpc) is 2.72. The zero-order valence-electron chi connectivity index (χ0n) is 15.4. The Morgan fingerprint density at radius 3 is 2.57 bits per heavy atom. The molecule has 140 valence electrons. The largest absolute Gasteiger partial charge is 0.489 e. The van der Waals surface area contributed by atoms with Crippen LogP contribution in [0.15, 0.2) is 48.5 Å². The second kappa shape index (κ2) is 7.92. The van der Waals surface area contributed by atoms with Gasteiger partial charge in [0.2, 0.25) is 0 Å². The number of pyridine rings is 1. The molecule has 0 saturated carbocycles. The first-order valence-electron chi connectivity index (χ1n) is 9.35. The van der Waals surface area contributed by atoms with Crippen LogP contribution in [0.5, 0.6) is 5.75 Å². The molecular formula is C23H20ClN3O. The molecule has 0 fully saturated rings. The van der Waals surface area contributed by atoms with Crippen molar-refractivity contribution >= 4 is 17.4 Å². The monoisotopic (exact) mass is 389 g/mol. The summed E-state index contributed by atoms with van der Waals surface area (Å²) in [6, 6.07) is 17.7. The van der Waals surface area contributed by atoms with Crippen LogP contribution in [0.4, 0.5) is 5.82 Å². The summed E-state index contributed by atoms with van der Waals surface area (Å²) in [7, 11) is 0. The van der Waals surface area contributed by atoms with E-state index < -0.39 is 0 Å². The fourth-order valence-electron chi connectivity index (χ4n) is 3.69. The van der Waals surface area contributed by atoms with Gasteiger partial charge in [0.15, 0.2) is 0 Å². The number of hydrogen-bond donors (Lipinski definition) is 1. The van der Waals surface area contributed by atoms with E-state index in [0.29, 0.717) is 23.0 Å². The summed E-state index contributed by atoms with van der Waals surface area (Å²) in [6.07, 6.45) is 4.06. The number of fused-ring (bicyclic) bond motifs is 1. The topological polar surface area (TPSA) is 71.9 Å². The van der Waals surface area contributed by atoms with E-state index in [9.17, 15) is 5.26 Å². The molecule has 28 heavy (non-hydrogen) atoms. The van der Waals surface area contributed by atoms with E-state index in [1.807, 2.05) is 48.5 Å². The Labute approximate surface area is 169 Å². The van der Waals surface area contributed by atoms with Crippen LogP contribution < -0.4 is 10.5 Å². The highest BCUT2D eigenvalue weighted by molar-refractivity contribution is 6.31. The van der Waals surface area contributed by atoms with Crippen molar-refractivity contribution in [1.82, 2.24) is 4.98 Å². The molecule has 2 aromatic carbocycles. The molecule has 2 N–H and O–H groups in total. The highest BCUT2D eigenvalue weighted by atomic mass is 35.5. The van der Waals surface area contributed by atoms with Gasteiger partial charge < -0.3 is 10.5 Å². The van der Waals surface area contributed by atoms with Gasteiger partial charge in [0.05, 0.1) is 0 Å². The van der Waals surface area contributed by atoms with Crippen LogP contribution >= 0.6 is 11.6 Å². The Kier molecular flexibility index (Phi) is 5.18. The van der Waals surface area contributed by atoms with Crippen LogP contribution in [0.3, 0.4) is 0 Å². The molecule has 0 bridgehead atoms. The number of halogens is 1. The summed E-state index contributed by atoms with van der Waals surface area (Å²) >= 11 is 6.18. The lowest BCUT2D eigenvalue weighted by atomic mass is 9.86. The number of nitrogens with zero attached hydrogens (tertiary/aromatic N) is 2. The van der Waals surface area contributed by atoms with Crippen LogP contribution in [0, 0.1) is 11.3 Å². The molecule has 1 aromatic heterocycles. The maximum absolute atomic E-state index is 9.65. The lowest BCUT2D eigenvalue weighted by Crippen LogP contribution is -2.11. The third kappa shape index (κ3) is 3.54. The van der Waals surface area contributed by atoms with Gasteiger partial charge >= 0.3 is 0 Å². The summed E-state index contributed by atoms with van der Waals surface area (Å²) < 4.78 is 5.87. The average molecular weight is 390 g/mol. The standard InChI is InChI=1S/C23H20ClN3O/c24-20-7-3-1-5-16(20)14-28-17-11-9-15(10-12-17)22-18-6-2-4-8-21(18)27-23(26)19(22)13-25/h1,3,5,7,9-12H,2,4,6,8,14H2,(H2,26,27). The number of nitrogen functional groups attached to an aromatic ring is 1. The third-order valence-corrected chi connectivity index (χ3v) is 5.48. The van der Waals surface area contributed by atoms with Crippen LogP contribution in [0.1, 0.15) is 35.2 Å². The van der Waals surface area contributed by atoms with E-state index in [4.69, 9.17) is 22.1 Å². The smallest absolute Gasteiger partial charge is 0.142 e. The van der Waals surface area contributed by atoms with Crippen molar-refractivity contribution in [3.05, 3.63) is 75.9 Å². The first-order chi connectivity index (χ1) is 13.7. The van der Waals surface area contributed by atoms with Crippen molar-refractivity contribution in [3.8, 4) is 22.9 Å². The number of benzene rings is 2. The van der Waals surface area contributed by atoms with Crippen LogP contribution in [0.2, 0.25) is 5.02 Å². The SMILES string of the molecule is N#Cc1c(N)nc2c(c1-c1ccc(OCc3ccccc3Cl)cc1)CCCC2. The number of anilines is 1. The molecule has 1 aliphatic rings. The molecule has 0 unspecified atom stereocenters. The Morgan fingerprint density at radius 2 is 1.82 bits per heavy atom. The van der Waals surface area contributed by atoms with Gasteiger partial charge in [0, 0.05) is 21.8 Å². The van der Waals surface area contributed by atoms with Gasteiger partial charge in [0.25, 0.3) is 0 Å². The Balaban J connectivity index is 1.63. The normalized spacial score (nSPS) is 12.9. The number of aromatic nitrogens is 1. The maximum atomic E-state index is 9.65. The minimum atomic E-state index is 0.317. The van der Waals surface area contributed by atoms with Crippen LogP contribution in [-0.4, -0.2) is 4.98 Å². The second-order valence-corrected chi connectivity index (χ2v) is 7.30. The van der Waals surface area contributed by atoms with Crippen molar-refractivity contribution in [2.24, 2.45) is 0 Å². The molecule has 4 nitrogen and oxygen atoms in total. The molecule has 0 radical (unpaired) electrons. The summed E-state index contributed by atoms with van der Waals surface area (Å²) in [4.78, 5) is 4.48. The molecule has 0 saturated heterocycles. The van der Waals surface area contributed by atoms with Crippen molar-refractivity contribution in [3.63, 3.8) is 0 Å². The molecule has 5 heteroatoms. The van der Waals surface area contributed by atoms with Crippen molar-refractivity contribution < 1.29 is 4.74 Å². The van der Waals surface area contributed by atoms with Gasteiger partial charge in [0.1, 0.15) is 29.8 Å². The second-order valence-electron chi connectivity index (χ2n) is 6.90. The van der Waals surface area contributed by atoms with Crippen LogP contribution in [-0.2, 0) is 19.4 Å². The quantitative estimate of drug-likeness (QED) is 0.655. The molecular weight excluding hydrogens is 370 g/mol. The van der Waals surface area contributed by atoms with Gasteiger partial charge in [-0.05, 0) is 55.0 Å². The van der Waals surface area contributed by atoms with Gasteiger partial charge in [-0.15, -0.1) is 0 Å². The molecule has 3 aromatic rings. The molecule has 1 aliphatic carbocycles. The fourth-order valence-corrected chi connectivity index (χ4v) is 3.88. The van der Waals surface area contributed by atoms with E-state index in [1.54, 1.807) is 0 Å². The zero-order chi connectivity index (χ0) is 19.5. The van der Waals surface area contributed by atoms with Gasteiger partial charge in [-0.1, -0.05) is 41.9 Å². The lowest BCUT2D eigenvalue weighted by Gasteiger charge is -2.21. The Hall–Kier alpha value is -3.03. The molecule has 0 spiro atoms. The number of nitrogens with two attached hydrogens (primary N) is 1. The Morgan fingerprint density at radius 1 is 1.07 bits per heavy atom. The van der Waals surface area contributed by atoms with Gasteiger partial charge in [-0.2, -0.15) is 5.26 Å². The summed E-state index contributed by atoms with van der Waals surface area (Å²) in [5, 5.41) is 10.3. The molecule has 0 atom stereocenters. The number of aryl methyl sites for hydroxylation is 1. The predicted octanol–water partition coefficient (Wildman–Crippen LogP) is 5.31. The first kappa shape index (κ1) is 18.3.